The standard InChI is InChI=1S/C15H26N2OS/c1-5-12-14(15(3,4)18)19-13(16-12)10-17-9-7-6-8-11(17)2/h11,18H,5-10H2,1-4H3. The number of aliphatic hydroxyl groups is 1. The summed E-state index contributed by atoms with van der Waals surface area (Å²) in [6.45, 7) is 10.2. The zero-order chi connectivity index (χ0) is 14.0. The fourth-order valence-corrected chi connectivity index (χ4v) is 3.93. The van der Waals surface area contributed by atoms with Crippen LogP contribution in [0.5, 0.6) is 0 Å². The average Bonchev–Trinajstić information content (AvgIpc) is 2.75. The Balaban J connectivity index is 2.15. The number of piperidine rings is 1. The lowest BCUT2D eigenvalue weighted by atomic mass is 10.0. The number of aromatic nitrogens is 1. The highest BCUT2D eigenvalue weighted by atomic mass is 32.1. The summed E-state index contributed by atoms with van der Waals surface area (Å²) >= 11 is 1.68. The first-order chi connectivity index (χ1) is 8.91. The van der Waals surface area contributed by atoms with Gasteiger partial charge in [0.1, 0.15) is 5.01 Å². The Morgan fingerprint density at radius 1 is 1.42 bits per heavy atom. The van der Waals surface area contributed by atoms with E-state index >= 15 is 0 Å². The predicted molar refractivity (Wildman–Crippen MR) is 80.5 cm³/mol. The lowest BCUT2D eigenvalue weighted by molar-refractivity contribution is 0.0814. The van der Waals surface area contributed by atoms with Gasteiger partial charge in [0.05, 0.1) is 22.7 Å². The fraction of sp³-hybridized carbons (Fsp3) is 0.800. The molecule has 1 unspecified atom stereocenters. The molecule has 0 aliphatic carbocycles. The van der Waals surface area contributed by atoms with Crippen molar-refractivity contribution in [2.24, 2.45) is 0 Å². The SMILES string of the molecule is CCc1nc(CN2CCCCC2C)sc1C(C)(C)O. The molecule has 1 aliphatic heterocycles. The minimum Gasteiger partial charge on any atom is -0.385 e. The molecule has 19 heavy (non-hydrogen) atoms. The number of likely N-dealkylation sites (tertiary alicyclic amines) is 1. The van der Waals surface area contributed by atoms with Crippen LogP contribution in [0.3, 0.4) is 0 Å². The summed E-state index contributed by atoms with van der Waals surface area (Å²) < 4.78 is 0. The van der Waals surface area contributed by atoms with Gasteiger partial charge in [0.2, 0.25) is 0 Å². The molecule has 4 heteroatoms. The van der Waals surface area contributed by atoms with Gasteiger partial charge >= 0.3 is 0 Å². The largest absolute Gasteiger partial charge is 0.385 e. The molecule has 1 aliphatic rings. The van der Waals surface area contributed by atoms with Crippen LogP contribution >= 0.6 is 11.3 Å². The molecule has 0 aromatic carbocycles. The van der Waals surface area contributed by atoms with Gasteiger partial charge in [0, 0.05) is 6.04 Å². The third-order valence-electron chi connectivity index (χ3n) is 3.91. The molecule has 1 N–H and O–H groups in total. The predicted octanol–water partition coefficient (Wildman–Crippen LogP) is 3.31. The molecule has 1 saturated heterocycles. The van der Waals surface area contributed by atoms with E-state index in [-0.39, 0.29) is 0 Å². The van der Waals surface area contributed by atoms with Crippen LogP contribution < -0.4 is 0 Å². The van der Waals surface area contributed by atoms with Crippen LogP contribution in [0.4, 0.5) is 0 Å². The molecule has 3 nitrogen and oxygen atoms in total. The van der Waals surface area contributed by atoms with Crippen molar-refractivity contribution >= 4 is 11.3 Å². The number of thiazole rings is 1. The van der Waals surface area contributed by atoms with Gasteiger partial charge in [-0.3, -0.25) is 4.90 Å². The summed E-state index contributed by atoms with van der Waals surface area (Å²) in [6, 6.07) is 0.660. The van der Waals surface area contributed by atoms with Crippen LogP contribution in [0.15, 0.2) is 0 Å². The first kappa shape index (κ1) is 14.9. The fourth-order valence-electron chi connectivity index (χ4n) is 2.75. The van der Waals surface area contributed by atoms with Gasteiger partial charge in [0.15, 0.2) is 0 Å². The molecule has 1 aromatic heterocycles. The lowest BCUT2D eigenvalue weighted by Crippen LogP contribution is -2.36. The zero-order valence-electron chi connectivity index (χ0n) is 12.6. The maximum atomic E-state index is 10.2. The highest BCUT2D eigenvalue weighted by molar-refractivity contribution is 7.11. The molecule has 2 heterocycles. The Bertz CT molecular complexity index is 422. The first-order valence-electron chi connectivity index (χ1n) is 7.37. The molecular weight excluding hydrogens is 256 g/mol. The van der Waals surface area contributed by atoms with Gasteiger partial charge in [-0.2, -0.15) is 0 Å². The maximum absolute atomic E-state index is 10.2. The van der Waals surface area contributed by atoms with E-state index in [1.807, 2.05) is 13.8 Å². The molecule has 1 atom stereocenters. The number of aryl methyl sites for hydroxylation is 1. The van der Waals surface area contributed by atoms with E-state index < -0.39 is 5.60 Å². The maximum Gasteiger partial charge on any atom is 0.107 e. The molecule has 0 spiro atoms. The monoisotopic (exact) mass is 282 g/mol. The van der Waals surface area contributed by atoms with Crippen molar-refractivity contribution in [2.45, 2.75) is 71.6 Å². The molecule has 108 valence electrons. The van der Waals surface area contributed by atoms with Crippen molar-refractivity contribution in [1.82, 2.24) is 9.88 Å². The van der Waals surface area contributed by atoms with E-state index in [0.29, 0.717) is 6.04 Å². The van der Waals surface area contributed by atoms with Crippen LogP contribution in [-0.2, 0) is 18.6 Å². The molecule has 0 bridgehead atoms. The zero-order valence-corrected chi connectivity index (χ0v) is 13.4. The topological polar surface area (TPSA) is 36.4 Å². The van der Waals surface area contributed by atoms with Gasteiger partial charge in [0.25, 0.3) is 0 Å². The molecule has 0 amide bonds. The summed E-state index contributed by atoms with van der Waals surface area (Å²) in [6.07, 6.45) is 4.84. The van der Waals surface area contributed by atoms with Crippen LogP contribution in [0.2, 0.25) is 0 Å². The highest BCUT2D eigenvalue weighted by Gasteiger charge is 2.26. The van der Waals surface area contributed by atoms with E-state index in [1.54, 1.807) is 11.3 Å². The molecule has 0 saturated carbocycles. The van der Waals surface area contributed by atoms with Gasteiger partial charge < -0.3 is 5.11 Å². The van der Waals surface area contributed by atoms with Gasteiger partial charge in [-0.05, 0) is 46.6 Å². The van der Waals surface area contributed by atoms with Gasteiger partial charge in [-0.1, -0.05) is 13.3 Å². The van der Waals surface area contributed by atoms with E-state index in [1.165, 1.54) is 25.8 Å². The van der Waals surface area contributed by atoms with E-state index in [9.17, 15) is 5.11 Å². The molecule has 1 aromatic rings. The summed E-state index contributed by atoms with van der Waals surface area (Å²) in [7, 11) is 0. The quantitative estimate of drug-likeness (QED) is 0.920. The van der Waals surface area contributed by atoms with Crippen LogP contribution in [0.1, 0.15) is 62.5 Å². The van der Waals surface area contributed by atoms with Crippen molar-refractivity contribution < 1.29 is 5.11 Å². The second-order valence-electron chi connectivity index (χ2n) is 6.11. The second kappa shape index (κ2) is 5.90. The molecule has 2 rings (SSSR count). The van der Waals surface area contributed by atoms with Crippen LogP contribution in [-0.4, -0.2) is 27.6 Å². The van der Waals surface area contributed by atoms with Crippen molar-refractivity contribution in [3.63, 3.8) is 0 Å². The normalized spacial score (nSPS) is 21.8. The lowest BCUT2D eigenvalue weighted by Gasteiger charge is -2.32. The Morgan fingerprint density at radius 2 is 2.16 bits per heavy atom. The minimum absolute atomic E-state index is 0.660. The average molecular weight is 282 g/mol. The van der Waals surface area contributed by atoms with Gasteiger partial charge in [-0.25, -0.2) is 4.98 Å². The summed E-state index contributed by atoms with van der Waals surface area (Å²) in [5.41, 5.74) is 0.298. The third kappa shape index (κ3) is 3.56. The van der Waals surface area contributed by atoms with Crippen LogP contribution in [0, 0.1) is 0 Å². The Hall–Kier alpha value is -0.450. The summed E-state index contributed by atoms with van der Waals surface area (Å²) in [5.74, 6) is 0. The summed E-state index contributed by atoms with van der Waals surface area (Å²) in [4.78, 5) is 8.30. The Labute approximate surface area is 120 Å². The van der Waals surface area contributed by atoms with E-state index in [4.69, 9.17) is 4.98 Å². The van der Waals surface area contributed by atoms with E-state index in [2.05, 4.69) is 18.7 Å². The summed E-state index contributed by atoms with van der Waals surface area (Å²) in [5, 5.41) is 11.4. The van der Waals surface area contributed by atoms with E-state index in [0.717, 1.165) is 28.5 Å². The highest BCUT2D eigenvalue weighted by Crippen LogP contribution is 2.31. The smallest absolute Gasteiger partial charge is 0.107 e. The third-order valence-corrected chi connectivity index (χ3v) is 5.31. The molecule has 0 radical (unpaired) electrons. The first-order valence-corrected chi connectivity index (χ1v) is 8.19. The minimum atomic E-state index is -0.769. The molecular formula is C15H26N2OS. The Kier molecular flexibility index (Phi) is 4.64. The Morgan fingerprint density at radius 3 is 2.68 bits per heavy atom. The number of hydrogen-bond acceptors (Lipinski definition) is 4. The van der Waals surface area contributed by atoms with Crippen molar-refractivity contribution in [2.75, 3.05) is 6.54 Å². The molecule has 1 fully saturated rings. The van der Waals surface area contributed by atoms with Gasteiger partial charge in [-0.15, -0.1) is 11.3 Å². The van der Waals surface area contributed by atoms with Crippen molar-refractivity contribution in [3.8, 4) is 0 Å². The number of rotatable bonds is 4. The number of hydrogen-bond donors (Lipinski definition) is 1. The van der Waals surface area contributed by atoms with Crippen molar-refractivity contribution in [1.29, 1.82) is 0 Å². The van der Waals surface area contributed by atoms with Crippen molar-refractivity contribution in [3.05, 3.63) is 15.6 Å². The second-order valence-corrected chi connectivity index (χ2v) is 7.19. The van der Waals surface area contributed by atoms with Crippen LogP contribution in [0.25, 0.3) is 0 Å². The number of nitrogens with zero attached hydrogens (tertiary/aromatic N) is 2.